The molecule has 3 aromatic carbocycles. The Morgan fingerprint density at radius 3 is 2.13 bits per heavy atom. The van der Waals surface area contributed by atoms with E-state index in [0.29, 0.717) is 6.54 Å². The van der Waals surface area contributed by atoms with Gasteiger partial charge in [-0.3, -0.25) is 9.78 Å². The molecule has 0 saturated heterocycles. The minimum Gasteiger partial charge on any atom is -0.359 e. The zero-order chi connectivity index (χ0) is 21.5. The maximum absolute atomic E-state index is 13.2. The second-order valence-corrected chi connectivity index (χ2v) is 7.42. The Kier molecular flexibility index (Phi) is 6.38. The molecule has 4 rings (SSSR count). The molecule has 0 aliphatic rings. The quantitative estimate of drug-likeness (QED) is 0.456. The first-order valence-electron chi connectivity index (χ1n) is 10.3. The molecule has 154 valence electrons. The zero-order valence-corrected chi connectivity index (χ0v) is 17.5. The smallest absolute Gasteiger partial charge is 0.247 e. The molecule has 0 spiro atoms. The number of pyridine rings is 1. The monoisotopic (exact) mass is 407 g/mol. The number of carbonyl (C=O) groups is 1. The fraction of sp³-hybridized carbons (Fsp3) is 0.111. The number of hydrogen-bond acceptors (Lipinski definition) is 3. The van der Waals surface area contributed by atoms with Crippen molar-refractivity contribution in [1.29, 1.82) is 0 Å². The standard InChI is InChI=1S/C27H25N3O/c1-30(25-16-14-23(15-17-25)22-11-6-3-7-12-22)26(24-13-8-18-28-20-24)27(31)29-19-21-9-4-2-5-10-21/h2-18,20,26H,19H2,1H3,(H,29,31). The van der Waals surface area contributed by atoms with E-state index in [2.05, 4.69) is 46.7 Å². The SMILES string of the molecule is CN(c1ccc(-c2ccccc2)cc1)C(C(=O)NCc1ccccc1)c1cccnc1. The molecule has 4 heteroatoms. The van der Waals surface area contributed by atoms with Crippen LogP contribution in [0.25, 0.3) is 11.1 Å². The highest BCUT2D eigenvalue weighted by Gasteiger charge is 2.25. The number of likely N-dealkylation sites (N-methyl/N-ethyl adjacent to an activating group) is 1. The molecule has 4 aromatic rings. The molecule has 31 heavy (non-hydrogen) atoms. The fourth-order valence-corrected chi connectivity index (χ4v) is 3.64. The minimum atomic E-state index is -0.486. The summed E-state index contributed by atoms with van der Waals surface area (Å²) in [5.41, 5.74) is 5.19. The molecule has 0 bridgehead atoms. The van der Waals surface area contributed by atoms with Crippen LogP contribution < -0.4 is 10.2 Å². The van der Waals surface area contributed by atoms with E-state index in [0.717, 1.165) is 22.4 Å². The van der Waals surface area contributed by atoms with Crippen molar-refractivity contribution in [1.82, 2.24) is 10.3 Å². The van der Waals surface area contributed by atoms with Crippen molar-refractivity contribution in [3.05, 3.63) is 121 Å². The van der Waals surface area contributed by atoms with Crippen LogP contribution in [0.5, 0.6) is 0 Å². The number of carbonyl (C=O) groups excluding carboxylic acids is 1. The van der Waals surface area contributed by atoms with E-state index in [1.54, 1.807) is 12.4 Å². The summed E-state index contributed by atoms with van der Waals surface area (Å²) < 4.78 is 0. The summed E-state index contributed by atoms with van der Waals surface area (Å²) in [6, 6.07) is 31.8. The second kappa shape index (κ2) is 9.72. The van der Waals surface area contributed by atoms with Crippen LogP contribution in [0.4, 0.5) is 5.69 Å². The average Bonchev–Trinajstić information content (AvgIpc) is 2.85. The number of rotatable bonds is 7. The van der Waals surface area contributed by atoms with Gasteiger partial charge in [-0.1, -0.05) is 78.9 Å². The molecule has 0 radical (unpaired) electrons. The van der Waals surface area contributed by atoms with Crippen molar-refractivity contribution in [2.75, 3.05) is 11.9 Å². The predicted molar refractivity (Wildman–Crippen MR) is 126 cm³/mol. The van der Waals surface area contributed by atoms with Crippen molar-refractivity contribution in [2.24, 2.45) is 0 Å². The van der Waals surface area contributed by atoms with Crippen molar-refractivity contribution >= 4 is 11.6 Å². The number of anilines is 1. The molecule has 1 heterocycles. The summed E-state index contributed by atoms with van der Waals surface area (Å²) in [7, 11) is 1.94. The van der Waals surface area contributed by atoms with Gasteiger partial charge in [0.15, 0.2) is 0 Å². The molecular formula is C27H25N3O. The van der Waals surface area contributed by atoms with Gasteiger partial charge in [0.05, 0.1) is 0 Å². The third-order valence-electron chi connectivity index (χ3n) is 5.33. The van der Waals surface area contributed by atoms with E-state index in [1.807, 2.05) is 72.6 Å². The Morgan fingerprint density at radius 2 is 1.48 bits per heavy atom. The molecule has 1 N–H and O–H groups in total. The first-order valence-corrected chi connectivity index (χ1v) is 10.3. The summed E-state index contributed by atoms with van der Waals surface area (Å²) in [6.07, 6.45) is 3.47. The zero-order valence-electron chi connectivity index (χ0n) is 17.5. The van der Waals surface area contributed by atoms with Gasteiger partial charge < -0.3 is 10.2 Å². The maximum Gasteiger partial charge on any atom is 0.247 e. The van der Waals surface area contributed by atoms with Gasteiger partial charge in [0.2, 0.25) is 5.91 Å². The second-order valence-electron chi connectivity index (χ2n) is 7.42. The Balaban J connectivity index is 1.57. The summed E-state index contributed by atoms with van der Waals surface area (Å²) in [6.45, 7) is 0.483. The van der Waals surface area contributed by atoms with Gasteiger partial charge in [0.25, 0.3) is 0 Å². The molecule has 4 nitrogen and oxygen atoms in total. The van der Waals surface area contributed by atoms with E-state index in [1.165, 1.54) is 5.56 Å². The lowest BCUT2D eigenvalue weighted by atomic mass is 10.0. The predicted octanol–water partition coefficient (Wildman–Crippen LogP) is 5.24. The van der Waals surface area contributed by atoms with E-state index in [9.17, 15) is 4.79 Å². The maximum atomic E-state index is 13.2. The van der Waals surface area contributed by atoms with E-state index >= 15 is 0 Å². The molecular weight excluding hydrogens is 382 g/mol. The number of nitrogens with one attached hydrogen (secondary N) is 1. The Morgan fingerprint density at radius 1 is 0.839 bits per heavy atom. The number of amides is 1. The molecule has 1 atom stereocenters. The van der Waals surface area contributed by atoms with Crippen LogP contribution in [0.1, 0.15) is 17.2 Å². The highest BCUT2D eigenvalue weighted by molar-refractivity contribution is 5.86. The lowest BCUT2D eigenvalue weighted by Crippen LogP contribution is -2.38. The lowest BCUT2D eigenvalue weighted by molar-refractivity contribution is -0.122. The van der Waals surface area contributed by atoms with E-state index in [4.69, 9.17) is 0 Å². The molecule has 1 aromatic heterocycles. The van der Waals surface area contributed by atoms with Gasteiger partial charge in [-0.15, -0.1) is 0 Å². The van der Waals surface area contributed by atoms with Crippen molar-refractivity contribution in [3.63, 3.8) is 0 Å². The third kappa shape index (κ3) is 4.98. The van der Waals surface area contributed by atoms with Crippen LogP contribution in [0.15, 0.2) is 109 Å². The number of benzene rings is 3. The molecule has 1 amide bonds. The van der Waals surface area contributed by atoms with E-state index < -0.39 is 6.04 Å². The summed E-state index contributed by atoms with van der Waals surface area (Å²) >= 11 is 0. The molecule has 0 aliphatic heterocycles. The van der Waals surface area contributed by atoms with Gasteiger partial charge in [-0.25, -0.2) is 0 Å². The van der Waals surface area contributed by atoms with Crippen LogP contribution in [0, 0.1) is 0 Å². The topological polar surface area (TPSA) is 45.2 Å². The normalized spacial score (nSPS) is 11.5. The van der Waals surface area contributed by atoms with Gasteiger partial charge in [0.1, 0.15) is 6.04 Å². The van der Waals surface area contributed by atoms with Crippen molar-refractivity contribution in [3.8, 4) is 11.1 Å². The van der Waals surface area contributed by atoms with E-state index in [-0.39, 0.29) is 5.91 Å². The van der Waals surface area contributed by atoms with Gasteiger partial charge in [0, 0.05) is 37.2 Å². The molecule has 0 fully saturated rings. The van der Waals surface area contributed by atoms with Crippen molar-refractivity contribution in [2.45, 2.75) is 12.6 Å². The molecule has 0 aliphatic carbocycles. The molecule has 1 unspecified atom stereocenters. The number of aromatic nitrogens is 1. The highest BCUT2D eigenvalue weighted by atomic mass is 16.2. The van der Waals surface area contributed by atoms with Gasteiger partial charge in [-0.2, -0.15) is 0 Å². The Bertz CT molecular complexity index is 1100. The average molecular weight is 408 g/mol. The molecule has 0 saturated carbocycles. The van der Waals surface area contributed by atoms with Crippen LogP contribution in [-0.2, 0) is 11.3 Å². The van der Waals surface area contributed by atoms with Crippen LogP contribution in [-0.4, -0.2) is 17.9 Å². The highest BCUT2D eigenvalue weighted by Crippen LogP contribution is 2.28. The van der Waals surface area contributed by atoms with Crippen LogP contribution in [0.3, 0.4) is 0 Å². The number of nitrogens with zero attached hydrogens (tertiary/aromatic N) is 2. The fourth-order valence-electron chi connectivity index (χ4n) is 3.64. The lowest BCUT2D eigenvalue weighted by Gasteiger charge is -2.29. The number of hydrogen-bond donors (Lipinski definition) is 1. The third-order valence-corrected chi connectivity index (χ3v) is 5.33. The summed E-state index contributed by atoms with van der Waals surface area (Å²) in [4.78, 5) is 19.5. The van der Waals surface area contributed by atoms with Crippen LogP contribution >= 0.6 is 0 Å². The first-order chi connectivity index (χ1) is 15.2. The first kappa shape index (κ1) is 20.4. The summed E-state index contributed by atoms with van der Waals surface area (Å²) in [5.74, 6) is -0.0634. The Hall–Kier alpha value is -3.92. The van der Waals surface area contributed by atoms with Gasteiger partial charge >= 0.3 is 0 Å². The van der Waals surface area contributed by atoms with Crippen LogP contribution in [0.2, 0.25) is 0 Å². The minimum absolute atomic E-state index is 0.0634. The van der Waals surface area contributed by atoms with Gasteiger partial charge in [-0.05, 0) is 34.9 Å². The largest absolute Gasteiger partial charge is 0.359 e. The Labute approximate surface area is 183 Å². The van der Waals surface area contributed by atoms with Crippen molar-refractivity contribution < 1.29 is 4.79 Å². The summed E-state index contributed by atoms with van der Waals surface area (Å²) in [5, 5.41) is 3.08.